The molecule has 1 aliphatic rings. The first-order valence-electron chi connectivity index (χ1n) is 7.28. The number of carbonyl (C=O) groups excluding carboxylic acids is 1. The second-order valence-corrected chi connectivity index (χ2v) is 5.46. The number of unbranched alkanes of at least 4 members (excludes halogenated alkanes) is 5. The molecular formula is C14H28N2O2. The van der Waals surface area contributed by atoms with Gasteiger partial charge in [0.15, 0.2) is 0 Å². The smallest absolute Gasteiger partial charge is 0.246 e. The predicted octanol–water partition coefficient (Wildman–Crippen LogP) is 1.84. The number of rotatable bonds is 10. The van der Waals surface area contributed by atoms with Crippen LogP contribution in [0.1, 0.15) is 52.4 Å². The van der Waals surface area contributed by atoms with Gasteiger partial charge in [0.2, 0.25) is 5.91 Å². The molecule has 0 aromatic rings. The fraction of sp³-hybridized carbons (Fsp3) is 0.929. The Hall–Kier alpha value is -0.610. The summed E-state index contributed by atoms with van der Waals surface area (Å²) < 4.78 is 5.56. The molecule has 1 rings (SSSR count). The van der Waals surface area contributed by atoms with Crippen LogP contribution in [0.4, 0.5) is 0 Å². The van der Waals surface area contributed by atoms with Crippen LogP contribution in [-0.2, 0) is 9.53 Å². The zero-order chi connectivity index (χ0) is 13.3. The molecule has 4 heteroatoms. The van der Waals surface area contributed by atoms with Gasteiger partial charge in [-0.2, -0.15) is 0 Å². The predicted molar refractivity (Wildman–Crippen MR) is 73.6 cm³/mol. The molecule has 0 unspecified atom stereocenters. The Balaban J connectivity index is 1.87. The van der Waals surface area contributed by atoms with Gasteiger partial charge in [-0.25, -0.2) is 0 Å². The lowest BCUT2D eigenvalue weighted by molar-refractivity contribution is -0.135. The Labute approximate surface area is 111 Å². The minimum Gasteiger partial charge on any atom is -0.363 e. The molecule has 0 saturated carbocycles. The van der Waals surface area contributed by atoms with E-state index in [0.29, 0.717) is 0 Å². The van der Waals surface area contributed by atoms with Crippen molar-refractivity contribution in [2.45, 2.75) is 58.0 Å². The molecule has 2 N–H and O–H groups in total. The van der Waals surface area contributed by atoms with E-state index in [2.05, 4.69) is 17.6 Å². The van der Waals surface area contributed by atoms with Crippen LogP contribution in [-0.4, -0.2) is 37.7 Å². The Morgan fingerprint density at radius 3 is 2.50 bits per heavy atom. The summed E-state index contributed by atoms with van der Waals surface area (Å²) in [6.45, 7) is 6.91. The highest BCUT2D eigenvalue weighted by atomic mass is 16.5. The summed E-state index contributed by atoms with van der Waals surface area (Å²) in [5.74, 6) is 0.0108. The molecule has 1 saturated heterocycles. The molecule has 1 fully saturated rings. The van der Waals surface area contributed by atoms with Gasteiger partial charge < -0.3 is 15.4 Å². The fourth-order valence-electron chi connectivity index (χ4n) is 2.00. The first-order valence-corrected chi connectivity index (χ1v) is 7.28. The minimum atomic E-state index is -0.127. The largest absolute Gasteiger partial charge is 0.363 e. The average Bonchev–Trinajstić information content (AvgIpc) is 2.33. The van der Waals surface area contributed by atoms with Crippen molar-refractivity contribution < 1.29 is 9.53 Å². The number of ether oxygens (including phenoxy) is 1. The Morgan fingerprint density at radius 1 is 1.22 bits per heavy atom. The number of hydrogen-bond donors (Lipinski definition) is 2. The van der Waals surface area contributed by atoms with Crippen LogP contribution in [0.25, 0.3) is 0 Å². The van der Waals surface area contributed by atoms with E-state index in [1.165, 1.54) is 32.1 Å². The van der Waals surface area contributed by atoms with E-state index in [1.54, 1.807) is 0 Å². The van der Waals surface area contributed by atoms with Crippen molar-refractivity contribution in [3.63, 3.8) is 0 Å². The van der Waals surface area contributed by atoms with Crippen molar-refractivity contribution in [3.8, 4) is 0 Å². The van der Waals surface area contributed by atoms with Gasteiger partial charge in [-0.05, 0) is 13.3 Å². The van der Waals surface area contributed by atoms with E-state index in [-0.39, 0.29) is 18.1 Å². The number of hydrogen-bond acceptors (Lipinski definition) is 3. The number of amides is 1. The fourth-order valence-corrected chi connectivity index (χ4v) is 2.00. The van der Waals surface area contributed by atoms with Crippen LogP contribution in [0.2, 0.25) is 0 Å². The minimum absolute atomic E-state index is 0.0108. The van der Waals surface area contributed by atoms with Gasteiger partial charge in [0.05, 0.1) is 5.60 Å². The van der Waals surface area contributed by atoms with Crippen LogP contribution in [0, 0.1) is 0 Å². The molecule has 0 bridgehead atoms. The van der Waals surface area contributed by atoms with E-state index >= 15 is 0 Å². The van der Waals surface area contributed by atoms with Gasteiger partial charge >= 0.3 is 0 Å². The van der Waals surface area contributed by atoms with E-state index in [9.17, 15) is 4.79 Å². The Kier molecular flexibility index (Phi) is 7.28. The highest BCUT2D eigenvalue weighted by Gasteiger charge is 2.32. The van der Waals surface area contributed by atoms with Gasteiger partial charge in [-0.1, -0.05) is 39.0 Å². The third-order valence-corrected chi connectivity index (χ3v) is 3.40. The van der Waals surface area contributed by atoms with Crippen LogP contribution in [0.3, 0.4) is 0 Å². The molecule has 1 aliphatic heterocycles. The summed E-state index contributed by atoms with van der Waals surface area (Å²) in [5, 5.41) is 6.06. The first-order chi connectivity index (χ1) is 8.66. The molecule has 1 heterocycles. The molecular weight excluding hydrogens is 228 g/mol. The molecule has 0 aromatic carbocycles. The topological polar surface area (TPSA) is 50.4 Å². The number of nitrogens with one attached hydrogen (secondary N) is 2. The molecule has 0 spiro atoms. The van der Waals surface area contributed by atoms with Crippen LogP contribution in [0.15, 0.2) is 0 Å². The van der Waals surface area contributed by atoms with Crippen LogP contribution < -0.4 is 10.6 Å². The summed E-state index contributed by atoms with van der Waals surface area (Å²) in [7, 11) is 0. The molecule has 0 radical (unpaired) electrons. The van der Waals surface area contributed by atoms with E-state index in [0.717, 1.165) is 26.1 Å². The average molecular weight is 256 g/mol. The van der Waals surface area contributed by atoms with Gasteiger partial charge in [0.1, 0.15) is 6.61 Å². The zero-order valence-corrected chi connectivity index (χ0v) is 11.9. The summed E-state index contributed by atoms with van der Waals surface area (Å²) in [6, 6.07) is 0. The van der Waals surface area contributed by atoms with Crippen molar-refractivity contribution in [1.29, 1.82) is 0 Å². The van der Waals surface area contributed by atoms with Crippen LogP contribution >= 0.6 is 0 Å². The van der Waals surface area contributed by atoms with E-state index < -0.39 is 0 Å². The van der Waals surface area contributed by atoms with Crippen molar-refractivity contribution in [1.82, 2.24) is 10.6 Å². The molecule has 0 aromatic heterocycles. The lowest BCUT2D eigenvalue weighted by atomic mass is 10.0. The molecule has 4 nitrogen and oxygen atoms in total. The quantitative estimate of drug-likeness (QED) is 0.586. The summed E-state index contributed by atoms with van der Waals surface area (Å²) in [6.07, 6.45) is 7.49. The maximum atomic E-state index is 11.5. The highest BCUT2D eigenvalue weighted by molar-refractivity contribution is 5.77. The van der Waals surface area contributed by atoms with Crippen molar-refractivity contribution in [3.05, 3.63) is 0 Å². The SMILES string of the molecule is CCCCCCCCNC(=O)COC1(C)CNC1. The lowest BCUT2D eigenvalue weighted by Gasteiger charge is -2.38. The maximum Gasteiger partial charge on any atom is 0.246 e. The van der Waals surface area contributed by atoms with Gasteiger partial charge in [0, 0.05) is 19.6 Å². The Morgan fingerprint density at radius 2 is 1.89 bits per heavy atom. The monoisotopic (exact) mass is 256 g/mol. The van der Waals surface area contributed by atoms with Gasteiger partial charge in [0.25, 0.3) is 0 Å². The second-order valence-electron chi connectivity index (χ2n) is 5.46. The summed E-state index contributed by atoms with van der Waals surface area (Å²) in [5.41, 5.74) is -0.127. The molecule has 1 amide bonds. The standard InChI is InChI=1S/C14H28N2O2/c1-3-4-5-6-7-8-9-16-13(17)10-18-14(2)11-15-12-14/h15H,3-12H2,1-2H3,(H,16,17). The lowest BCUT2D eigenvalue weighted by Crippen LogP contribution is -2.59. The van der Waals surface area contributed by atoms with E-state index in [4.69, 9.17) is 4.74 Å². The van der Waals surface area contributed by atoms with Crippen molar-refractivity contribution in [2.24, 2.45) is 0 Å². The number of carbonyl (C=O) groups is 1. The van der Waals surface area contributed by atoms with Crippen molar-refractivity contribution in [2.75, 3.05) is 26.2 Å². The molecule has 0 aliphatic carbocycles. The molecule has 106 valence electrons. The molecule has 0 atom stereocenters. The van der Waals surface area contributed by atoms with E-state index in [1.807, 2.05) is 6.92 Å². The first kappa shape index (κ1) is 15.4. The van der Waals surface area contributed by atoms with Crippen LogP contribution in [0.5, 0.6) is 0 Å². The Bertz CT molecular complexity index is 240. The second kappa shape index (κ2) is 8.48. The molecule has 18 heavy (non-hydrogen) atoms. The normalized spacial score (nSPS) is 17.2. The van der Waals surface area contributed by atoms with Crippen molar-refractivity contribution >= 4 is 5.91 Å². The van der Waals surface area contributed by atoms with Gasteiger partial charge in [-0.3, -0.25) is 4.79 Å². The third-order valence-electron chi connectivity index (χ3n) is 3.40. The summed E-state index contributed by atoms with van der Waals surface area (Å²) in [4.78, 5) is 11.5. The third kappa shape index (κ3) is 6.36. The maximum absolute atomic E-state index is 11.5. The van der Waals surface area contributed by atoms with Gasteiger partial charge in [-0.15, -0.1) is 0 Å². The summed E-state index contributed by atoms with van der Waals surface area (Å²) >= 11 is 0. The highest BCUT2D eigenvalue weighted by Crippen LogP contribution is 2.14. The zero-order valence-electron chi connectivity index (χ0n) is 11.9.